The summed E-state index contributed by atoms with van der Waals surface area (Å²) in [5.41, 5.74) is 4.32. The van der Waals surface area contributed by atoms with Crippen LogP contribution in [-0.4, -0.2) is 45.8 Å². The predicted octanol–water partition coefficient (Wildman–Crippen LogP) is 2.50. The Kier molecular flexibility index (Phi) is 4.21. The van der Waals surface area contributed by atoms with Crippen molar-refractivity contribution in [3.05, 3.63) is 35.0 Å². The van der Waals surface area contributed by atoms with Crippen molar-refractivity contribution < 1.29 is 14.6 Å². The molecule has 0 spiro atoms. The van der Waals surface area contributed by atoms with Gasteiger partial charge < -0.3 is 15.7 Å². The Morgan fingerprint density at radius 1 is 1.48 bits per heavy atom. The number of aliphatic imine (C=N–C) groups is 1. The van der Waals surface area contributed by atoms with Gasteiger partial charge in [0.1, 0.15) is 5.04 Å². The van der Waals surface area contributed by atoms with Gasteiger partial charge in [-0.25, -0.2) is 0 Å². The predicted molar refractivity (Wildman–Crippen MR) is 100 cm³/mol. The second-order valence-corrected chi connectivity index (χ2v) is 7.76. The van der Waals surface area contributed by atoms with Crippen LogP contribution < -0.4 is 5.84 Å². The normalized spacial score (nSPS) is 23.3. The summed E-state index contributed by atoms with van der Waals surface area (Å²) < 4.78 is 7.28. The molecule has 132 valence electrons. The van der Waals surface area contributed by atoms with Gasteiger partial charge in [-0.15, -0.1) is 11.8 Å². The SMILES string of the molecule is Cc1cc(C2CCOC2)c2c(c1)cc(C1=N[C@@H](CC(=O)O)CS1)n2N. The van der Waals surface area contributed by atoms with Crippen LogP contribution in [0, 0.1) is 6.92 Å². The Labute approximate surface area is 150 Å². The number of benzene rings is 1. The minimum absolute atomic E-state index is 0.0606. The van der Waals surface area contributed by atoms with Gasteiger partial charge in [-0.05, 0) is 31.0 Å². The third-order valence-electron chi connectivity index (χ3n) is 4.82. The van der Waals surface area contributed by atoms with E-state index in [0.29, 0.717) is 11.7 Å². The van der Waals surface area contributed by atoms with E-state index in [-0.39, 0.29) is 12.5 Å². The Hall–Kier alpha value is -1.99. The van der Waals surface area contributed by atoms with E-state index in [1.807, 2.05) is 0 Å². The molecule has 2 aromatic rings. The molecule has 1 aromatic carbocycles. The van der Waals surface area contributed by atoms with Gasteiger partial charge in [-0.1, -0.05) is 11.6 Å². The highest BCUT2D eigenvalue weighted by molar-refractivity contribution is 8.14. The highest BCUT2D eigenvalue weighted by Gasteiger charge is 2.27. The van der Waals surface area contributed by atoms with Crippen LogP contribution in [0.25, 0.3) is 10.9 Å². The molecule has 1 aromatic heterocycles. The lowest BCUT2D eigenvalue weighted by molar-refractivity contribution is -0.137. The number of carboxylic acid groups (broad SMARTS) is 1. The van der Waals surface area contributed by atoms with Crippen molar-refractivity contribution in [3.8, 4) is 0 Å². The smallest absolute Gasteiger partial charge is 0.305 e. The van der Waals surface area contributed by atoms with E-state index in [0.717, 1.165) is 41.3 Å². The number of hydrogen-bond donors (Lipinski definition) is 2. The van der Waals surface area contributed by atoms with Gasteiger partial charge in [-0.2, -0.15) is 0 Å². The molecule has 0 saturated carbocycles. The van der Waals surface area contributed by atoms with E-state index in [1.54, 1.807) is 16.4 Å². The summed E-state index contributed by atoms with van der Waals surface area (Å²) in [4.78, 5) is 15.5. The molecule has 0 amide bonds. The number of fused-ring (bicyclic) bond motifs is 1. The van der Waals surface area contributed by atoms with Gasteiger partial charge in [0.25, 0.3) is 0 Å². The average molecular weight is 359 g/mol. The van der Waals surface area contributed by atoms with Crippen LogP contribution in [0.2, 0.25) is 0 Å². The molecule has 25 heavy (non-hydrogen) atoms. The first-order valence-electron chi connectivity index (χ1n) is 8.44. The maximum Gasteiger partial charge on any atom is 0.305 e. The average Bonchev–Trinajstić information content (AvgIpc) is 3.26. The molecule has 1 saturated heterocycles. The monoisotopic (exact) mass is 359 g/mol. The van der Waals surface area contributed by atoms with Crippen molar-refractivity contribution in [2.45, 2.75) is 31.7 Å². The van der Waals surface area contributed by atoms with Crippen molar-refractivity contribution in [1.82, 2.24) is 4.68 Å². The van der Waals surface area contributed by atoms with Crippen molar-refractivity contribution in [1.29, 1.82) is 0 Å². The molecule has 0 aliphatic carbocycles. The quantitative estimate of drug-likeness (QED) is 0.819. The standard InChI is InChI=1S/C18H21N3O3S/c1-10-4-12-6-15(18-20-13(9-25-18)7-16(22)23)21(19)17(12)14(5-10)11-2-3-24-8-11/h4-6,11,13H,2-3,7-9,19H2,1H3,(H,22,23)/t11?,13-/m0/s1. The zero-order valence-electron chi connectivity index (χ0n) is 14.1. The summed E-state index contributed by atoms with van der Waals surface area (Å²) >= 11 is 1.58. The van der Waals surface area contributed by atoms with E-state index in [9.17, 15) is 4.79 Å². The molecule has 1 unspecified atom stereocenters. The highest BCUT2D eigenvalue weighted by atomic mass is 32.2. The van der Waals surface area contributed by atoms with Crippen LogP contribution in [0.3, 0.4) is 0 Å². The summed E-state index contributed by atoms with van der Waals surface area (Å²) in [7, 11) is 0. The lowest BCUT2D eigenvalue weighted by Crippen LogP contribution is -2.16. The number of rotatable bonds is 4. The Morgan fingerprint density at radius 2 is 2.32 bits per heavy atom. The fourth-order valence-corrected chi connectivity index (χ4v) is 4.75. The van der Waals surface area contributed by atoms with Gasteiger partial charge in [0.15, 0.2) is 0 Å². The van der Waals surface area contributed by atoms with Crippen molar-refractivity contribution in [2.75, 3.05) is 24.8 Å². The Bertz CT molecular complexity index is 868. The largest absolute Gasteiger partial charge is 0.481 e. The Balaban J connectivity index is 1.78. The summed E-state index contributed by atoms with van der Waals surface area (Å²) in [5, 5.41) is 10.9. The van der Waals surface area contributed by atoms with Gasteiger partial charge >= 0.3 is 5.97 Å². The van der Waals surface area contributed by atoms with Crippen LogP contribution in [-0.2, 0) is 9.53 Å². The second kappa shape index (κ2) is 6.38. The number of hydrogen-bond acceptors (Lipinski definition) is 5. The van der Waals surface area contributed by atoms with Gasteiger partial charge in [0.2, 0.25) is 0 Å². The minimum atomic E-state index is -0.817. The number of aromatic nitrogens is 1. The van der Waals surface area contributed by atoms with Crippen molar-refractivity contribution in [3.63, 3.8) is 0 Å². The van der Waals surface area contributed by atoms with Crippen molar-refractivity contribution >= 4 is 33.7 Å². The molecule has 0 radical (unpaired) electrons. The maximum absolute atomic E-state index is 10.9. The summed E-state index contributed by atoms with van der Waals surface area (Å²) in [5.74, 6) is 6.68. The number of aryl methyl sites for hydroxylation is 1. The third kappa shape index (κ3) is 3.02. The van der Waals surface area contributed by atoms with E-state index >= 15 is 0 Å². The summed E-state index contributed by atoms with van der Waals surface area (Å²) in [6, 6.07) is 6.22. The zero-order valence-corrected chi connectivity index (χ0v) is 14.9. The van der Waals surface area contributed by atoms with E-state index < -0.39 is 5.97 Å². The molecule has 6 nitrogen and oxygen atoms in total. The number of aliphatic carboxylic acids is 1. The molecule has 2 atom stereocenters. The molecule has 3 N–H and O–H groups in total. The maximum atomic E-state index is 10.9. The third-order valence-corrected chi connectivity index (χ3v) is 5.96. The van der Waals surface area contributed by atoms with Crippen LogP contribution in [0.1, 0.15) is 35.6 Å². The lowest BCUT2D eigenvalue weighted by Gasteiger charge is -2.13. The first kappa shape index (κ1) is 16.5. The number of nitrogen functional groups attached to an aromatic ring is 1. The summed E-state index contributed by atoms with van der Waals surface area (Å²) in [6.07, 6.45) is 1.07. The van der Waals surface area contributed by atoms with Crippen LogP contribution >= 0.6 is 11.8 Å². The molecule has 0 bridgehead atoms. The molecule has 3 heterocycles. The molecular weight excluding hydrogens is 338 g/mol. The molecule has 7 heteroatoms. The summed E-state index contributed by atoms with van der Waals surface area (Å²) in [6.45, 7) is 3.62. The molecule has 2 aliphatic rings. The second-order valence-electron chi connectivity index (χ2n) is 6.75. The highest BCUT2D eigenvalue weighted by Crippen LogP contribution is 2.35. The first-order chi connectivity index (χ1) is 12.0. The van der Waals surface area contributed by atoms with E-state index in [1.165, 1.54) is 11.1 Å². The molecule has 4 rings (SSSR count). The number of nitrogens with zero attached hydrogens (tertiary/aromatic N) is 2. The molecular formula is C18H21N3O3S. The van der Waals surface area contributed by atoms with E-state index in [4.69, 9.17) is 15.7 Å². The fraction of sp³-hybridized carbons (Fsp3) is 0.444. The molecule has 2 aliphatic heterocycles. The van der Waals surface area contributed by atoms with Gasteiger partial charge in [-0.3, -0.25) is 14.5 Å². The minimum Gasteiger partial charge on any atom is -0.481 e. The number of thioether (sulfide) groups is 1. The first-order valence-corrected chi connectivity index (χ1v) is 9.43. The van der Waals surface area contributed by atoms with Crippen LogP contribution in [0.5, 0.6) is 0 Å². The van der Waals surface area contributed by atoms with Crippen LogP contribution in [0.15, 0.2) is 23.2 Å². The number of carboxylic acids is 1. The van der Waals surface area contributed by atoms with Gasteiger partial charge in [0, 0.05) is 23.7 Å². The number of carbonyl (C=O) groups is 1. The number of nitrogens with two attached hydrogens (primary N) is 1. The topological polar surface area (TPSA) is 89.8 Å². The van der Waals surface area contributed by atoms with Crippen molar-refractivity contribution in [2.24, 2.45) is 4.99 Å². The lowest BCUT2D eigenvalue weighted by atomic mass is 9.94. The zero-order chi connectivity index (χ0) is 17.6. The Morgan fingerprint density at radius 3 is 3.04 bits per heavy atom. The number of ether oxygens (including phenoxy) is 1. The fourth-order valence-electron chi connectivity index (χ4n) is 3.68. The molecule has 1 fully saturated rings. The van der Waals surface area contributed by atoms with Gasteiger partial charge in [0.05, 0.1) is 30.3 Å². The van der Waals surface area contributed by atoms with Crippen LogP contribution in [0.4, 0.5) is 0 Å². The van der Waals surface area contributed by atoms with E-state index in [2.05, 4.69) is 30.1 Å².